The van der Waals surface area contributed by atoms with Crippen molar-refractivity contribution < 1.29 is 9.53 Å². The second kappa shape index (κ2) is 7.15. The molecule has 0 bridgehead atoms. The highest BCUT2D eigenvalue weighted by Gasteiger charge is 2.40. The van der Waals surface area contributed by atoms with Gasteiger partial charge in [0.1, 0.15) is 0 Å². The molecule has 2 N–H and O–H groups in total. The first-order valence-electron chi connectivity index (χ1n) is 7.94. The van der Waals surface area contributed by atoms with Crippen LogP contribution in [0, 0.1) is 5.92 Å². The highest BCUT2D eigenvalue weighted by atomic mass is 32.1. The molecule has 2 aromatic rings. The highest BCUT2D eigenvalue weighted by Crippen LogP contribution is 2.38. The summed E-state index contributed by atoms with van der Waals surface area (Å²) >= 11 is 1.53. The van der Waals surface area contributed by atoms with E-state index in [1.54, 1.807) is 0 Å². The molecular formula is C18H22N2O2S. The number of nitrogens with two attached hydrogens (primary N) is 1. The van der Waals surface area contributed by atoms with Gasteiger partial charge in [0.25, 0.3) is 0 Å². The van der Waals surface area contributed by atoms with E-state index in [9.17, 15) is 4.79 Å². The summed E-state index contributed by atoms with van der Waals surface area (Å²) in [4.78, 5) is 14.7. The minimum absolute atomic E-state index is 0.112. The summed E-state index contributed by atoms with van der Waals surface area (Å²) in [6, 6.07) is 12.4. The molecular weight excluding hydrogens is 308 g/mol. The molecule has 1 aromatic carbocycles. The van der Waals surface area contributed by atoms with Crippen molar-refractivity contribution in [1.29, 1.82) is 0 Å². The molecule has 5 heteroatoms. The van der Waals surface area contributed by atoms with Gasteiger partial charge in [0.15, 0.2) is 0 Å². The normalized spacial score (nSPS) is 21.4. The number of hydrogen-bond acceptors (Lipinski definition) is 5. The SMILES string of the molecule is CCOC(=O)[C@@H]1CN(Cc2ccccc2)C[C@H]1c1ccsc1N. The molecule has 23 heavy (non-hydrogen) atoms. The first kappa shape index (κ1) is 16.0. The molecule has 122 valence electrons. The summed E-state index contributed by atoms with van der Waals surface area (Å²) in [7, 11) is 0. The molecule has 0 radical (unpaired) electrons. The van der Waals surface area contributed by atoms with E-state index in [4.69, 9.17) is 10.5 Å². The largest absolute Gasteiger partial charge is 0.466 e. The number of nitrogens with zero attached hydrogens (tertiary/aromatic N) is 1. The van der Waals surface area contributed by atoms with Crippen molar-refractivity contribution in [3.05, 3.63) is 52.9 Å². The Balaban J connectivity index is 1.79. The Morgan fingerprint density at radius 2 is 2.09 bits per heavy atom. The molecule has 0 spiro atoms. The number of likely N-dealkylation sites (tertiary alicyclic amines) is 1. The van der Waals surface area contributed by atoms with Crippen LogP contribution in [0.2, 0.25) is 0 Å². The van der Waals surface area contributed by atoms with Crippen molar-refractivity contribution in [3.63, 3.8) is 0 Å². The zero-order valence-electron chi connectivity index (χ0n) is 13.3. The van der Waals surface area contributed by atoms with Crippen LogP contribution >= 0.6 is 11.3 Å². The van der Waals surface area contributed by atoms with Gasteiger partial charge in [-0.15, -0.1) is 11.3 Å². The number of ether oxygens (including phenoxy) is 1. The van der Waals surface area contributed by atoms with E-state index in [0.717, 1.165) is 23.7 Å². The van der Waals surface area contributed by atoms with Gasteiger partial charge < -0.3 is 10.5 Å². The Kier molecular flexibility index (Phi) is 4.98. The molecule has 2 atom stereocenters. The maximum Gasteiger partial charge on any atom is 0.310 e. The van der Waals surface area contributed by atoms with Crippen molar-refractivity contribution >= 4 is 22.3 Å². The number of esters is 1. The van der Waals surface area contributed by atoms with Crippen molar-refractivity contribution in [1.82, 2.24) is 4.90 Å². The van der Waals surface area contributed by atoms with E-state index < -0.39 is 0 Å². The number of benzene rings is 1. The Labute approximate surface area is 140 Å². The summed E-state index contributed by atoms with van der Waals surface area (Å²) in [5, 5.41) is 2.80. The van der Waals surface area contributed by atoms with Gasteiger partial charge in [-0.3, -0.25) is 9.69 Å². The fraction of sp³-hybridized carbons (Fsp3) is 0.389. The van der Waals surface area contributed by atoms with Gasteiger partial charge in [0, 0.05) is 25.6 Å². The molecule has 0 aliphatic carbocycles. The topological polar surface area (TPSA) is 55.6 Å². The summed E-state index contributed by atoms with van der Waals surface area (Å²) in [6.45, 7) is 4.66. The second-order valence-electron chi connectivity index (χ2n) is 5.88. The quantitative estimate of drug-likeness (QED) is 0.856. The van der Waals surface area contributed by atoms with Gasteiger partial charge in [-0.2, -0.15) is 0 Å². The van der Waals surface area contributed by atoms with Gasteiger partial charge in [-0.05, 0) is 29.5 Å². The highest BCUT2D eigenvalue weighted by molar-refractivity contribution is 7.14. The number of hydrogen-bond donors (Lipinski definition) is 1. The Bertz CT molecular complexity index is 656. The minimum atomic E-state index is -0.143. The number of thiophene rings is 1. The lowest BCUT2D eigenvalue weighted by Crippen LogP contribution is -2.25. The lowest BCUT2D eigenvalue weighted by molar-refractivity contribution is -0.148. The minimum Gasteiger partial charge on any atom is -0.466 e. The predicted molar refractivity (Wildman–Crippen MR) is 93.3 cm³/mol. The molecule has 1 fully saturated rings. The van der Waals surface area contributed by atoms with Gasteiger partial charge in [0.05, 0.1) is 17.5 Å². The zero-order chi connectivity index (χ0) is 16.2. The molecule has 0 amide bonds. The van der Waals surface area contributed by atoms with Gasteiger partial charge in [-0.25, -0.2) is 0 Å². The molecule has 0 unspecified atom stereocenters. The number of carbonyl (C=O) groups excluding carboxylic acids is 1. The Morgan fingerprint density at radius 1 is 1.30 bits per heavy atom. The molecule has 1 saturated heterocycles. The van der Waals surface area contributed by atoms with E-state index >= 15 is 0 Å². The van der Waals surface area contributed by atoms with Gasteiger partial charge in [0.2, 0.25) is 0 Å². The fourth-order valence-electron chi connectivity index (χ4n) is 3.30. The second-order valence-corrected chi connectivity index (χ2v) is 6.83. The lowest BCUT2D eigenvalue weighted by Gasteiger charge is -2.16. The summed E-state index contributed by atoms with van der Waals surface area (Å²) in [5.41, 5.74) is 8.45. The van der Waals surface area contributed by atoms with Crippen LogP contribution < -0.4 is 5.73 Å². The average Bonchev–Trinajstić information content (AvgIpc) is 3.14. The van der Waals surface area contributed by atoms with Crippen LogP contribution in [-0.4, -0.2) is 30.6 Å². The average molecular weight is 330 g/mol. The Morgan fingerprint density at radius 3 is 2.74 bits per heavy atom. The van der Waals surface area contributed by atoms with Crippen LogP contribution in [0.4, 0.5) is 5.00 Å². The predicted octanol–water partition coefficient (Wildman–Crippen LogP) is 3.11. The molecule has 0 saturated carbocycles. The van der Waals surface area contributed by atoms with E-state index in [2.05, 4.69) is 17.0 Å². The van der Waals surface area contributed by atoms with Crippen molar-refractivity contribution in [3.8, 4) is 0 Å². The van der Waals surface area contributed by atoms with Crippen LogP contribution in [0.1, 0.15) is 24.0 Å². The third kappa shape index (κ3) is 3.57. The van der Waals surface area contributed by atoms with Crippen LogP contribution in [0.25, 0.3) is 0 Å². The first-order valence-corrected chi connectivity index (χ1v) is 8.82. The van der Waals surface area contributed by atoms with Crippen molar-refractivity contribution in [2.24, 2.45) is 5.92 Å². The van der Waals surface area contributed by atoms with Crippen molar-refractivity contribution in [2.75, 3.05) is 25.4 Å². The van der Waals surface area contributed by atoms with E-state index in [0.29, 0.717) is 13.2 Å². The molecule has 3 rings (SSSR count). The smallest absolute Gasteiger partial charge is 0.310 e. The third-order valence-corrected chi connectivity index (χ3v) is 5.12. The zero-order valence-corrected chi connectivity index (χ0v) is 14.1. The summed E-state index contributed by atoms with van der Waals surface area (Å²) < 4.78 is 5.29. The van der Waals surface area contributed by atoms with E-state index in [1.807, 2.05) is 36.6 Å². The Hall–Kier alpha value is -1.85. The van der Waals surface area contributed by atoms with Crippen LogP contribution in [0.15, 0.2) is 41.8 Å². The molecule has 4 nitrogen and oxygen atoms in total. The summed E-state index contributed by atoms with van der Waals surface area (Å²) in [5.74, 6) is -0.141. The molecule has 1 aromatic heterocycles. The third-order valence-electron chi connectivity index (χ3n) is 4.36. The number of anilines is 1. The van der Waals surface area contributed by atoms with Gasteiger partial charge in [-0.1, -0.05) is 30.3 Å². The van der Waals surface area contributed by atoms with Crippen LogP contribution in [0.5, 0.6) is 0 Å². The van der Waals surface area contributed by atoms with Crippen LogP contribution in [-0.2, 0) is 16.1 Å². The van der Waals surface area contributed by atoms with Gasteiger partial charge >= 0.3 is 5.97 Å². The molecule has 1 aliphatic rings. The molecule has 2 heterocycles. The number of nitrogen functional groups attached to an aromatic ring is 1. The maximum absolute atomic E-state index is 12.4. The van der Waals surface area contributed by atoms with Crippen LogP contribution in [0.3, 0.4) is 0 Å². The lowest BCUT2D eigenvalue weighted by atomic mass is 9.90. The standard InChI is InChI=1S/C18H22N2O2S/c1-2-22-18(21)16-12-20(10-13-6-4-3-5-7-13)11-15(16)14-8-9-23-17(14)19/h3-9,15-16H,2,10-12,19H2,1H3/t15-,16+/m0/s1. The number of carbonyl (C=O) groups is 1. The van der Waals surface area contributed by atoms with E-state index in [-0.39, 0.29) is 17.8 Å². The monoisotopic (exact) mass is 330 g/mol. The first-order chi connectivity index (χ1) is 11.2. The molecule has 1 aliphatic heterocycles. The summed E-state index contributed by atoms with van der Waals surface area (Å²) in [6.07, 6.45) is 0. The van der Waals surface area contributed by atoms with E-state index in [1.165, 1.54) is 16.9 Å². The fourth-order valence-corrected chi connectivity index (χ4v) is 4.01. The maximum atomic E-state index is 12.4. The van der Waals surface area contributed by atoms with Crippen molar-refractivity contribution in [2.45, 2.75) is 19.4 Å². The number of rotatable bonds is 5.